The van der Waals surface area contributed by atoms with Crippen molar-refractivity contribution in [2.45, 2.75) is 13.0 Å². The Kier molecular flexibility index (Phi) is 2.66. The number of carbonyl (C=O) groups excluding carboxylic acids is 1. The molecule has 1 aromatic rings. The van der Waals surface area contributed by atoms with Gasteiger partial charge in [0.2, 0.25) is 5.91 Å². The number of H-pyrrole nitrogens is 2. The number of carboxylic acid groups (broad SMARTS) is 1. The molecule has 0 fully saturated rings. The van der Waals surface area contributed by atoms with E-state index in [1.165, 1.54) is 0 Å². The minimum absolute atomic E-state index is 0.0384. The van der Waals surface area contributed by atoms with Crippen LogP contribution in [-0.4, -0.2) is 39.5 Å². The van der Waals surface area contributed by atoms with E-state index in [4.69, 9.17) is 5.11 Å². The third-order valence-corrected chi connectivity index (χ3v) is 2.57. The molecule has 2 rings (SSSR count). The number of nitrogens with one attached hydrogen (secondary N) is 3. The average Bonchev–Trinajstić information content (AvgIpc) is 2.26. The third kappa shape index (κ3) is 1.75. The van der Waals surface area contributed by atoms with Gasteiger partial charge in [-0.25, -0.2) is 9.59 Å². The first-order valence-corrected chi connectivity index (χ1v) is 5.05. The van der Waals surface area contributed by atoms with Crippen molar-refractivity contribution in [2.24, 2.45) is 0 Å². The number of hydrogen-bond acceptors (Lipinski definition) is 5. The van der Waals surface area contributed by atoms with Crippen LogP contribution in [0.4, 0.5) is 11.5 Å². The van der Waals surface area contributed by atoms with E-state index in [2.05, 4.69) is 10.3 Å². The van der Waals surface area contributed by atoms with Crippen LogP contribution in [0.1, 0.15) is 6.92 Å². The Hall–Kier alpha value is -2.58. The number of amides is 1. The zero-order valence-corrected chi connectivity index (χ0v) is 9.31. The lowest BCUT2D eigenvalue weighted by molar-refractivity contribution is -0.139. The van der Waals surface area contributed by atoms with Gasteiger partial charge in [0.05, 0.1) is 0 Å². The molecule has 0 aliphatic carbocycles. The van der Waals surface area contributed by atoms with Gasteiger partial charge in [-0.3, -0.25) is 24.5 Å². The molecule has 0 spiro atoms. The van der Waals surface area contributed by atoms with E-state index in [0.29, 0.717) is 0 Å². The third-order valence-electron chi connectivity index (χ3n) is 2.57. The van der Waals surface area contributed by atoms with Gasteiger partial charge >= 0.3 is 11.7 Å². The Bertz CT molecular complexity index is 631. The summed E-state index contributed by atoms with van der Waals surface area (Å²) in [5.74, 6) is -1.80. The van der Waals surface area contributed by atoms with Crippen LogP contribution < -0.4 is 21.5 Å². The normalized spacial score (nSPS) is 17.8. The maximum Gasteiger partial charge on any atom is 0.328 e. The number of carbonyl (C=O) groups is 2. The van der Waals surface area contributed by atoms with E-state index < -0.39 is 29.2 Å². The smallest absolute Gasteiger partial charge is 0.328 e. The van der Waals surface area contributed by atoms with E-state index >= 15 is 0 Å². The monoisotopic (exact) mass is 254 g/mol. The summed E-state index contributed by atoms with van der Waals surface area (Å²) in [6.07, 6.45) is 0. The van der Waals surface area contributed by atoms with Gasteiger partial charge in [0, 0.05) is 13.5 Å². The van der Waals surface area contributed by atoms with Gasteiger partial charge in [-0.15, -0.1) is 0 Å². The second-order valence-corrected chi connectivity index (χ2v) is 3.76. The zero-order valence-electron chi connectivity index (χ0n) is 9.31. The lowest BCUT2D eigenvalue weighted by Gasteiger charge is -2.33. The molecule has 18 heavy (non-hydrogen) atoms. The fourth-order valence-electron chi connectivity index (χ4n) is 1.86. The number of aromatic amines is 2. The minimum Gasteiger partial charge on any atom is -0.480 e. The Labute approximate surface area is 99.4 Å². The molecule has 2 heterocycles. The molecule has 0 radical (unpaired) electrons. The first-order chi connectivity index (χ1) is 8.41. The topological polar surface area (TPSA) is 135 Å². The van der Waals surface area contributed by atoms with Crippen LogP contribution in [-0.2, 0) is 9.59 Å². The van der Waals surface area contributed by atoms with E-state index in [1.54, 1.807) is 0 Å². The molecule has 0 saturated heterocycles. The number of aromatic nitrogens is 2. The van der Waals surface area contributed by atoms with Crippen molar-refractivity contribution in [3.05, 3.63) is 20.8 Å². The summed E-state index contributed by atoms with van der Waals surface area (Å²) in [4.78, 5) is 50.4. The zero-order chi connectivity index (χ0) is 13.4. The predicted molar refractivity (Wildman–Crippen MR) is 60.8 cm³/mol. The summed E-state index contributed by atoms with van der Waals surface area (Å²) < 4.78 is 0. The number of anilines is 2. The van der Waals surface area contributed by atoms with Crippen molar-refractivity contribution in [1.82, 2.24) is 9.97 Å². The van der Waals surface area contributed by atoms with E-state index in [9.17, 15) is 19.2 Å². The van der Waals surface area contributed by atoms with Crippen molar-refractivity contribution >= 4 is 23.4 Å². The van der Waals surface area contributed by atoms with Crippen LogP contribution in [0.25, 0.3) is 0 Å². The van der Waals surface area contributed by atoms with Gasteiger partial charge in [0.25, 0.3) is 5.56 Å². The molecule has 0 aromatic carbocycles. The Morgan fingerprint density at radius 1 is 1.33 bits per heavy atom. The molecule has 0 bridgehead atoms. The summed E-state index contributed by atoms with van der Waals surface area (Å²) in [5.41, 5.74) is -1.74. The molecule has 1 aliphatic rings. The summed E-state index contributed by atoms with van der Waals surface area (Å²) in [6, 6.07) is -1.19. The van der Waals surface area contributed by atoms with Crippen molar-refractivity contribution in [3.63, 3.8) is 0 Å². The van der Waals surface area contributed by atoms with Gasteiger partial charge in [0.1, 0.15) is 5.82 Å². The van der Waals surface area contributed by atoms with E-state index in [-0.39, 0.29) is 18.1 Å². The number of fused-ring (bicyclic) bond motifs is 1. The Morgan fingerprint density at radius 3 is 2.56 bits per heavy atom. The van der Waals surface area contributed by atoms with E-state index in [1.807, 2.05) is 4.98 Å². The number of carboxylic acids is 1. The molecule has 1 aliphatic heterocycles. The molecule has 1 amide bonds. The number of hydrogen-bond donors (Lipinski definition) is 4. The SMILES string of the molecule is CC(=O)N1c2c([nH]c(=O)[nH]c2=O)NCC1C(=O)O. The fourth-order valence-corrected chi connectivity index (χ4v) is 1.86. The molecule has 1 aromatic heterocycles. The summed E-state index contributed by atoms with van der Waals surface area (Å²) >= 11 is 0. The quantitative estimate of drug-likeness (QED) is 0.471. The largest absolute Gasteiger partial charge is 0.480 e. The highest BCUT2D eigenvalue weighted by Crippen LogP contribution is 2.24. The predicted octanol–water partition coefficient (Wildman–Crippen LogP) is -1.71. The standard InChI is InChI=1S/C9H10N4O5/c1-3(14)13-4(8(16)17)2-10-6-5(13)7(15)12-9(18)11-6/h4H,2H2,1H3,(H,16,17)(H3,10,11,12,15,18). The Balaban J connectivity index is 2.67. The molecular formula is C9H10N4O5. The van der Waals surface area contributed by atoms with Crippen LogP contribution >= 0.6 is 0 Å². The first-order valence-electron chi connectivity index (χ1n) is 5.05. The molecule has 9 heteroatoms. The minimum atomic E-state index is -1.24. The van der Waals surface area contributed by atoms with Gasteiger partial charge < -0.3 is 10.4 Å². The lowest BCUT2D eigenvalue weighted by Crippen LogP contribution is -2.54. The van der Waals surface area contributed by atoms with Crippen molar-refractivity contribution in [2.75, 3.05) is 16.8 Å². The molecule has 4 N–H and O–H groups in total. The van der Waals surface area contributed by atoms with Crippen molar-refractivity contribution in [1.29, 1.82) is 0 Å². The number of nitrogens with zero attached hydrogens (tertiary/aromatic N) is 1. The second kappa shape index (κ2) is 4.02. The average molecular weight is 254 g/mol. The molecule has 1 unspecified atom stereocenters. The second-order valence-electron chi connectivity index (χ2n) is 3.76. The summed E-state index contributed by atoms with van der Waals surface area (Å²) in [6.45, 7) is 1.05. The molecule has 1 atom stereocenters. The fraction of sp³-hybridized carbons (Fsp3) is 0.333. The van der Waals surface area contributed by atoms with Crippen molar-refractivity contribution < 1.29 is 14.7 Å². The maximum absolute atomic E-state index is 11.7. The van der Waals surface area contributed by atoms with Crippen molar-refractivity contribution in [3.8, 4) is 0 Å². The van der Waals surface area contributed by atoms with Gasteiger partial charge in [-0.2, -0.15) is 0 Å². The van der Waals surface area contributed by atoms with Gasteiger partial charge in [-0.1, -0.05) is 0 Å². The summed E-state index contributed by atoms with van der Waals surface area (Å²) in [7, 11) is 0. The maximum atomic E-state index is 11.7. The summed E-state index contributed by atoms with van der Waals surface area (Å²) in [5, 5.41) is 11.6. The number of rotatable bonds is 1. The molecule has 9 nitrogen and oxygen atoms in total. The van der Waals surface area contributed by atoms with Crippen LogP contribution in [0.3, 0.4) is 0 Å². The first kappa shape index (κ1) is 11.9. The van der Waals surface area contributed by atoms with Crippen LogP contribution in [0.15, 0.2) is 9.59 Å². The van der Waals surface area contributed by atoms with Crippen LogP contribution in [0, 0.1) is 0 Å². The number of aliphatic carboxylic acids is 1. The molecular weight excluding hydrogens is 244 g/mol. The molecule has 96 valence electrons. The lowest BCUT2D eigenvalue weighted by atomic mass is 10.1. The van der Waals surface area contributed by atoms with Gasteiger partial charge in [-0.05, 0) is 0 Å². The van der Waals surface area contributed by atoms with Gasteiger partial charge in [0.15, 0.2) is 11.7 Å². The highest BCUT2D eigenvalue weighted by Gasteiger charge is 2.36. The molecule has 0 saturated carbocycles. The Morgan fingerprint density at radius 2 is 2.00 bits per heavy atom. The van der Waals surface area contributed by atoms with Crippen LogP contribution in [0.5, 0.6) is 0 Å². The highest BCUT2D eigenvalue weighted by molar-refractivity contribution is 6.01. The highest BCUT2D eigenvalue weighted by atomic mass is 16.4. The van der Waals surface area contributed by atoms with Crippen LogP contribution in [0.2, 0.25) is 0 Å². The van der Waals surface area contributed by atoms with E-state index in [0.717, 1.165) is 11.8 Å².